The quantitative estimate of drug-likeness (QED) is 0.672. The minimum atomic E-state index is -0.0355. The molecule has 5 heteroatoms. The molecule has 0 aromatic heterocycles. The number of likely N-dealkylation sites (N-methyl/N-ethyl adjacent to an activating group) is 1. The third-order valence-electron chi connectivity index (χ3n) is 5.24. The van der Waals surface area contributed by atoms with Crippen molar-refractivity contribution in [3.05, 3.63) is 0 Å². The van der Waals surface area contributed by atoms with Gasteiger partial charge >= 0.3 is 5.97 Å². The van der Waals surface area contributed by atoms with Crippen LogP contribution in [0.5, 0.6) is 0 Å². The highest BCUT2D eigenvalue weighted by molar-refractivity contribution is 5.72. The van der Waals surface area contributed by atoms with Gasteiger partial charge in [-0.25, -0.2) is 0 Å². The van der Waals surface area contributed by atoms with Gasteiger partial charge < -0.3 is 14.2 Å². The highest BCUT2D eigenvalue weighted by atomic mass is 16.5. The summed E-state index contributed by atoms with van der Waals surface area (Å²) in [6, 6.07) is 0.340. The molecule has 134 valence electrons. The molecular formula is C18H33NO4. The SMILES string of the molecule is CCOC(=O)[C@H]1CC[C@H](OC[C@@H]2[C@@H](OCC)[C@@H](C)CN2C)CC1. The Morgan fingerprint density at radius 3 is 2.39 bits per heavy atom. The molecule has 1 saturated heterocycles. The van der Waals surface area contributed by atoms with Crippen molar-refractivity contribution in [3.8, 4) is 0 Å². The van der Waals surface area contributed by atoms with Crippen molar-refractivity contribution in [2.45, 2.75) is 64.7 Å². The van der Waals surface area contributed by atoms with E-state index in [4.69, 9.17) is 14.2 Å². The molecule has 0 bridgehead atoms. The Morgan fingerprint density at radius 2 is 1.78 bits per heavy atom. The zero-order valence-electron chi connectivity index (χ0n) is 15.1. The van der Waals surface area contributed by atoms with E-state index in [1.165, 1.54) is 0 Å². The van der Waals surface area contributed by atoms with Gasteiger partial charge in [0.15, 0.2) is 0 Å². The van der Waals surface area contributed by atoms with Crippen LogP contribution in [0, 0.1) is 11.8 Å². The number of carbonyl (C=O) groups is 1. The van der Waals surface area contributed by atoms with Crippen LogP contribution in [-0.2, 0) is 19.0 Å². The van der Waals surface area contributed by atoms with Gasteiger partial charge in [0.25, 0.3) is 0 Å². The molecule has 0 unspecified atom stereocenters. The zero-order chi connectivity index (χ0) is 16.8. The van der Waals surface area contributed by atoms with Crippen molar-refractivity contribution in [2.75, 3.05) is 33.4 Å². The van der Waals surface area contributed by atoms with Crippen molar-refractivity contribution in [3.63, 3.8) is 0 Å². The van der Waals surface area contributed by atoms with Crippen LogP contribution in [-0.4, -0.2) is 62.5 Å². The van der Waals surface area contributed by atoms with Gasteiger partial charge in [-0.15, -0.1) is 0 Å². The van der Waals surface area contributed by atoms with E-state index in [-0.39, 0.29) is 24.1 Å². The van der Waals surface area contributed by atoms with Crippen LogP contribution in [0.2, 0.25) is 0 Å². The van der Waals surface area contributed by atoms with E-state index in [9.17, 15) is 4.79 Å². The van der Waals surface area contributed by atoms with Gasteiger partial charge in [-0.2, -0.15) is 0 Å². The first-order valence-corrected chi connectivity index (χ1v) is 9.16. The Bertz CT molecular complexity index is 368. The molecule has 1 saturated carbocycles. The first-order chi connectivity index (χ1) is 11.1. The van der Waals surface area contributed by atoms with E-state index in [2.05, 4.69) is 25.8 Å². The third kappa shape index (κ3) is 4.91. The second-order valence-corrected chi connectivity index (χ2v) is 6.96. The Hall–Kier alpha value is -0.650. The molecule has 0 spiro atoms. The first kappa shape index (κ1) is 18.7. The largest absolute Gasteiger partial charge is 0.466 e. The molecule has 0 amide bonds. The van der Waals surface area contributed by atoms with Crippen molar-refractivity contribution in [1.82, 2.24) is 4.90 Å². The van der Waals surface area contributed by atoms with Gasteiger partial charge in [-0.05, 0) is 52.5 Å². The smallest absolute Gasteiger partial charge is 0.308 e. The lowest BCUT2D eigenvalue weighted by molar-refractivity contribution is -0.150. The summed E-state index contributed by atoms with van der Waals surface area (Å²) in [5.41, 5.74) is 0. The Morgan fingerprint density at radius 1 is 1.09 bits per heavy atom. The average Bonchev–Trinajstić information content (AvgIpc) is 2.80. The van der Waals surface area contributed by atoms with Crippen LogP contribution in [0.15, 0.2) is 0 Å². The molecule has 3 atom stereocenters. The maximum Gasteiger partial charge on any atom is 0.308 e. The highest BCUT2D eigenvalue weighted by Crippen LogP contribution is 2.29. The maximum absolute atomic E-state index is 11.8. The van der Waals surface area contributed by atoms with Crippen molar-refractivity contribution in [1.29, 1.82) is 0 Å². The Labute approximate surface area is 140 Å². The van der Waals surface area contributed by atoms with Crippen LogP contribution in [0.4, 0.5) is 0 Å². The molecule has 1 heterocycles. The Balaban J connectivity index is 1.75. The molecule has 2 fully saturated rings. The standard InChI is InChI=1S/C18H33NO4/c1-5-21-17-13(3)11-19(4)16(17)12-23-15-9-7-14(8-10-15)18(20)22-6-2/h13-17H,5-12H2,1-4H3/t13-,14-,15-,16+,17-/m0/s1. The molecule has 2 rings (SSSR count). The molecule has 0 aromatic carbocycles. The Kier molecular flexibility index (Phi) is 7.31. The molecule has 5 nitrogen and oxygen atoms in total. The number of likely N-dealkylation sites (tertiary alicyclic amines) is 1. The first-order valence-electron chi connectivity index (χ1n) is 9.16. The van der Waals surface area contributed by atoms with Crippen LogP contribution in [0.25, 0.3) is 0 Å². The predicted octanol–water partition coefficient (Wildman–Crippen LogP) is 2.48. The fourth-order valence-corrected chi connectivity index (χ4v) is 3.97. The zero-order valence-corrected chi connectivity index (χ0v) is 15.1. The van der Waals surface area contributed by atoms with Crippen LogP contribution in [0.3, 0.4) is 0 Å². The van der Waals surface area contributed by atoms with Crippen molar-refractivity contribution >= 4 is 5.97 Å². The summed E-state index contributed by atoms with van der Waals surface area (Å²) >= 11 is 0. The van der Waals surface area contributed by atoms with Crippen LogP contribution >= 0.6 is 0 Å². The van der Waals surface area contributed by atoms with E-state index in [1.54, 1.807) is 0 Å². The number of rotatable bonds is 7. The van der Waals surface area contributed by atoms with E-state index in [0.29, 0.717) is 18.6 Å². The predicted molar refractivity (Wildman–Crippen MR) is 89.3 cm³/mol. The molecule has 0 N–H and O–H groups in total. The summed E-state index contributed by atoms with van der Waals surface area (Å²) in [5, 5.41) is 0. The lowest BCUT2D eigenvalue weighted by Gasteiger charge is -2.31. The van der Waals surface area contributed by atoms with Crippen molar-refractivity contribution in [2.24, 2.45) is 11.8 Å². The van der Waals surface area contributed by atoms with Gasteiger partial charge in [0.2, 0.25) is 0 Å². The summed E-state index contributed by atoms with van der Waals surface area (Å²) in [6.45, 7) is 9.18. The maximum atomic E-state index is 11.8. The van der Waals surface area contributed by atoms with E-state index < -0.39 is 0 Å². The van der Waals surface area contributed by atoms with Gasteiger partial charge in [-0.1, -0.05) is 6.92 Å². The summed E-state index contributed by atoms with van der Waals surface area (Å²) in [6.07, 6.45) is 4.21. The van der Waals surface area contributed by atoms with Crippen LogP contribution < -0.4 is 0 Å². The molecule has 1 aliphatic carbocycles. The minimum absolute atomic E-state index is 0.0355. The minimum Gasteiger partial charge on any atom is -0.466 e. The second-order valence-electron chi connectivity index (χ2n) is 6.96. The number of hydrogen-bond donors (Lipinski definition) is 0. The topological polar surface area (TPSA) is 48.0 Å². The average molecular weight is 327 g/mol. The normalized spacial score (nSPS) is 35.4. The van der Waals surface area contributed by atoms with Gasteiger partial charge in [0, 0.05) is 13.2 Å². The van der Waals surface area contributed by atoms with Gasteiger partial charge in [0.05, 0.1) is 37.4 Å². The van der Waals surface area contributed by atoms with Gasteiger partial charge in [0.1, 0.15) is 0 Å². The number of hydrogen-bond acceptors (Lipinski definition) is 5. The van der Waals surface area contributed by atoms with E-state index in [0.717, 1.165) is 45.4 Å². The van der Waals surface area contributed by atoms with Crippen LogP contribution in [0.1, 0.15) is 46.5 Å². The van der Waals surface area contributed by atoms with E-state index in [1.807, 2.05) is 6.92 Å². The lowest BCUT2D eigenvalue weighted by atomic mass is 9.87. The number of carbonyl (C=O) groups excluding carboxylic acids is 1. The summed E-state index contributed by atoms with van der Waals surface area (Å²) in [5.74, 6) is 0.583. The lowest BCUT2D eigenvalue weighted by Crippen LogP contribution is -2.40. The highest BCUT2D eigenvalue weighted by Gasteiger charge is 2.39. The van der Waals surface area contributed by atoms with E-state index >= 15 is 0 Å². The number of ether oxygens (including phenoxy) is 3. The molecule has 0 aromatic rings. The van der Waals surface area contributed by atoms with Gasteiger partial charge in [-0.3, -0.25) is 9.69 Å². The summed E-state index contributed by atoms with van der Waals surface area (Å²) in [7, 11) is 2.15. The molecule has 0 radical (unpaired) electrons. The molecular weight excluding hydrogens is 294 g/mol. The molecule has 2 aliphatic rings. The summed E-state index contributed by atoms with van der Waals surface area (Å²) < 4.78 is 17.2. The fourth-order valence-electron chi connectivity index (χ4n) is 3.97. The number of nitrogens with zero attached hydrogens (tertiary/aromatic N) is 1. The fraction of sp³-hybridized carbons (Fsp3) is 0.944. The third-order valence-corrected chi connectivity index (χ3v) is 5.24. The summed E-state index contributed by atoms with van der Waals surface area (Å²) in [4.78, 5) is 14.1. The monoisotopic (exact) mass is 327 g/mol. The molecule has 23 heavy (non-hydrogen) atoms. The molecule has 1 aliphatic heterocycles. The van der Waals surface area contributed by atoms with Crippen molar-refractivity contribution < 1.29 is 19.0 Å². The second kappa shape index (κ2) is 9.00. The number of esters is 1.